The first kappa shape index (κ1) is 19.1. The molecule has 2 aromatic carbocycles. The number of carbonyl (C=O) groups excluding carboxylic acids is 2. The van der Waals surface area contributed by atoms with E-state index in [1.165, 1.54) is 25.3 Å². The molecular formula is C20H19N3O5. The Bertz CT molecular complexity index is 937. The van der Waals surface area contributed by atoms with Crippen molar-refractivity contribution < 1.29 is 19.2 Å². The van der Waals surface area contributed by atoms with Crippen LogP contribution in [0.2, 0.25) is 0 Å². The number of nitro benzene ring substituents is 1. The molecule has 0 spiro atoms. The van der Waals surface area contributed by atoms with Crippen molar-refractivity contribution in [1.29, 1.82) is 0 Å². The first-order valence-electron chi connectivity index (χ1n) is 8.70. The van der Waals surface area contributed by atoms with Crippen LogP contribution in [0.4, 0.5) is 17.1 Å². The van der Waals surface area contributed by atoms with Crippen LogP contribution < -0.4 is 15.0 Å². The maximum Gasteiger partial charge on any atom is 0.269 e. The van der Waals surface area contributed by atoms with Crippen LogP contribution in [0.3, 0.4) is 0 Å². The maximum atomic E-state index is 12.1. The third-order valence-electron chi connectivity index (χ3n) is 4.34. The molecule has 1 aliphatic heterocycles. The first-order chi connectivity index (χ1) is 13.5. The van der Waals surface area contributed by atoms with E-state index in [0.717, 1.165) is 6.42 Å². The number of hydrogen-bond acceptors (Lipinski definition) is 5. The fourth-order valence-corrected chi connectivity index (χ4v) is 2.94. The van der Waals surface area contributed by atoms with E-state index in [1.54, 1.807) is 41.3 Å². The van der Waals surface area contributed by atoms with Gasteiger partial charge < -0.3 is 15.0 Å². The molecular weight excluding hydrogens is 362 g/mol. The van der Waals surface area contributed by atoms with Gasteiger partial charge in [0.15, 0.2) is 0 Å². The normalized spacial score (nSPS) is 13.8. The van der Waals surface area contributed by atoms with Gasteiger partial charge in [-0.25, -0.2) is 0 Å². The molecule has 2 amide bonds. The number of non-ortho nitro benzene ring substituents is 1. The molecule has 3 rings (SSSR count). The smallest absolute Gasteiger partial charge is 0.269 e. The minimum absolute atomic E-state index is 0.00901. The van der Waals surface area contributed by atoms with E-state index in [1.807, 2.05) is 0 Å². The molecule has 1 saturated heterocycles. The lowest BCUT2D eigenvalue weighted by Crippen LogP contribution is -2.24. The molecule has 0 aliphatic carbocycles. The summed E-state index contributed by atoms with van der Waals surface area (Å²) >= 11 is 0. The SMILES string of the molecule is COc1cc(NC(=O)C=Cc2ccc([N+](=O)[O-])cc2)ccc1N1CCCC1=O. The highest BCUT2D eigenvalue weighted by Crippen LogP contribution is 2.33. The summed E-state index contributed by atoms with van der Waals surface area (Å²) in [6, 6.07) is 11.0. The second-order valence-corrected chi connectivity index (χ2v) is 6.21. The molecule has 8 nitrogen and oxygen atoms in total. The van der Waals surface area contributed by atoms with Crippen LogP contribution in [0.5, 0.6) is 5.75 Å². The number of nitro groups is 1. The van der Waals surface area contributed by atoms with Gasteiger partial charge in [0.1, 0.15) is 5.75 Å². The molecule has 1 fully saturated rings. The molecule has 0 unspecified atom stereocenters. The van der Waals surface area contributed by atoms with Crippen LogP contribution in [-0.2, 0) is 9.59 Å². The van der Waals surface area contributed by atoms with Crippen molar-refractivity contribution in [2.24, 2.45) is 0 Å². The standard InChI is InChI=1S/C20H19N3O5/c1-28-18-13-15(7-10-17(18)22-12-2-3-20(22)25)21-19(24)11-6-14-4-8-16(9-5-14)23(26)27/h4-11,13H,2-3,12H2,1H3,(H,21,24). The average Bonchev–Trinajstić information content (AvgIpc) is 3.12. The zero-order valence-corrected chi connectivity index (χ0v) is 15.3. The highest BCUT2D eigenvalue weighted by molar-refractivity contribution is 6.02. The number of anilines is 2. The Kier molecular flexibility index (Phi) is 5.69. The van der Waals surface area contributed by atoms with Crippen molar-refractivity contribution >= 4 is 35.0 Å². The molecule has 8 heteroatoms. The Hall–Kier alpha value is -3.68. The van der Waals surface area contributed by atoms with Gasteiger partial charge in [-0.1, -0.05) is 0 Å². The van der Waals surface area contributed by atoms with Crippen LogP contribution >= 0.6 is 0 Å². The van der Waals surface area contributed by atoms with Gasteiger partial charge in [0.2, 0.25) is 11.8 Å². The van der Waals surface area contributed by atoms with Crippen LogP contribution in [0.15, 0.2) is 48.5 Å². The number of amides is 2. The summed E-state index contributed by atoms with van der Waals surface area (Å²) in [4.78, 5) is 35.9. The molecule has 1 aliphatic rings. The fourth-order valence-electron chi connectivity index (χ4n) is 2.94. The minimum Gasteiger partial charge on any atom is -0.494 e. The highest BCUT2D eigenvalue weighted by atomic mass is 16.6. The highest BCUT2D eigenvalue weighted by Gasteiger charge is 2.24. The second-order valence-electron chi connectivity index (χ2n) is 6.21. The van der Waals surface area contributed by atoms with E-state index in [4.69, 9.17) is 4.74 Å². The number of nitrogens with one attached hydrogen (secondary N) is 1. The van der Waals surface area contributed by atoms with Crippen LogP contribution in [0, 0.1) is 10.1 Å². The van der Waals surface area contributed by atoms with Gasteiger partial charge in [0.05, 0.1) is 17.7 Å². The zero-order chi connectivity index (χ0) is 20.1. The van der Waals surface area contributed by atoms with Gasteiger partial charge in [0, 0.05) is 42.9 Å². The van der Waals surface area contributed by atoms with Crippen LogP contribution in [0.25, 0.3) is 6.08 Å². The predicted octanol–water partition coefficient (Wildman–Crippen LogP) is 3.38. The summed E-state index contributed by atoms with van der Waals surface area (Å²) in [7, 11) is 1.51. The number of benzene rings is 2. The van der Waals surface area contributed by atoms with E-state index in [2.05, 4.69) is 5.32 Å². The minimum atomic E-state index is -0.479. The Balaban J connectivity index is 1.68. The molecule has 1 N–H and O–H groups in total. The van der Waals surface area contributed by atoms with E-state index < -0.39 is 4.92 Å². The summed E-state index contributed by atoms with van der Waals surface area (Å²) in [6.45, 7) is 0.652. The van der Waals surface area contributed by atoms with Crippen molar-refractivity contribution in [2.45, 2.75) is 12.8 Å². The van der Waals surface area contributed by atoms with Crippen molar-refractivity contribution in [3.8, 4) is 5.75 Å². The average molecular weight is 381 g/mol. The summed E-state index contributed by atoms with van der Waals surface area (Å²) < 4.78 is 5.37. The van der Waals surface area contributed by atoms with Gasteiger partial charge >= 0.3 is 0 Å². The molecule has 28 heavy (non-hydrogen) atoms. The molecule has 0 aromatic heterocycles. The molecule has 0 atom stereocenters. The maximum absolute atomic E-state index is 12.1. The fraction of sp³-hybridized carbons (Fsp3) is 0.200. The monoisotopic (exact) mass is 381 g/mol. The topological polar surface area (TPSA) is 102 Å². The van der Waals surface area contributed by atoms with E-state index in [-0.39, 0.29) is 17.5 Å². The molecule has 0 bridgehead atoms. The molecule has 2 aromatic rings. The van der Waals surface area contributed by atoms with Crippen molar-refractivity contribution in [3.63, 3.8) is 0 Å². The van der Waals surface area contributed by atoms with Crippen molar-refractivity contribution in [2.75, 3.05) is 23.9 Å². The Labute approximate surface area is 161 Å². The first-order valence-corrected chi connectivity index (χ1v) is 8.70. The summed E-state index contributed by atoms with van der Waals surface area (Å²) in [6.07, 6.45) is 4.24. The quantitative estimate of drug-likeness (QED) is 0.469. The summed E-state index contributed by atoms with van der Waals surface area (Å²) in [5.74, 6) is 0.207. The third kappa shape index (κ3) is 4.35. The molecule has 0 radical (unpaired) electrons. The molecule has 1 heterocycles. The number of rotatable bonds is 6. The van der Waals surface area contributed by atoms with Crippen molar-refractivity contribution in [3.05, 3.63) is 64.2 Å². The second kappa shape index (κ2) is 8.34. The third-order valence-corrected chi connectivity index (χ3v) is 4.34. The molecule has 0 saturated carbocycles. The van der Waals surface area contributed by atoms with Gasteiger partial charge in [-0.05, 0) is 42.3 Å². The lowest BCUT2D eigenvalue weighted by Gasteiger charge is -2.19. The Morgan fingerprint density at radius 3 is 2.61 bits per heavy atom. The van der Waals surface area contributed by atoms with Crippen molar-refractivity contribution in [1.82, 2.24) is 0 Å². The van der Waals surface area contributed by atoms with Gasteiger partial charge in [-0.3, -0.25) is 19.7 Å². The number of ether oxygens (including phenoxy) is 1. The van der Waals surface area contributed by atoms with Gasteiger partial charge in [0.25, 0.3) is 5.69 Å². The summed E-state index contributed by atoms with van der Waals surface area (Å²) in [5.41, 5.74) is 1.88. The Morgan fingerprint density at radius 2 is 2.00 bits per heavy atom. The number of carbonyl (C=O) groups is 2. The van der Waals surface area contributed by atoms with Crippen LogP contribution in [-0.4, -0.2) is 30.4 Å². The Morgan fingerprint density at radius 1 is 1.25 bits per heavy atom. The predicted molar refractivity (Wildman–Crippen MR) is 105 cm³/mol. The lowest BCUT2D eigenvalue weighted by atomic mass is 10.2. The van der Waals surface area contributed by atoms with E-state index in [9.17, 15) is 19.7 Å². The summed E-state index contributed by atoms with van der Waals surface area (Å²) in [5, 5.41) is 13.4. The van der Waals surface area contributed by atoms with Gasteiger partial charge in [-0.15, -0.1) is 0 Å². The largest absolute Gasteiger partial charge is 0.494 e. The number of nitrogens with zero attached hydrogens (tertiary/aromatic N) is 2. The number of hydrogen-bond donors (Lipinski definition) is 1. The number of methoxy groups -OCH3 is 1. The zero-order valence-electron chi connectivity index (χ0n) is 15.3. The van der Waals surface area contributed by atoms with E-state index >= 15 is 0 Å². The van der Waals surface area contributed by atoms with E-state index in [0.29, 0.717) is 35.7 Å². The van der Waals surface area contributed by atoms with Crippen LogP contribution in [0.1, 0.15) is 18.4 Å². The van der Waals surface area contributed by atoms with Gasteiger partial charge in [-0.2, -0.15) is 0 Å². The molecule has 144 valence electrons. The lowest BCUT2D eigenvalue weighted by molar-refractivity contribution is -0.384.